The number of anilines is 1. The lowest BCUT2D eigenvalue weighted by Gasteiger charge is -2.16. The summed E-state index contributed by atoms with van der Waals surface area (Å²) in [5.41, 5.74) is 2.68. The number of benzene rings is 2. The highest BCUT2D eigenvalue weighted by Crippen LogP contribution is 2.25. The summed E-state index contributed by atoms with van der Waals surface area (Å²) in [6, 6.07) is 12.3. The van der Waals surface area contributed by atoms with E-state index in [1.165, 1.54) is 12.8 Å². The van der Waals surface area contributed by atoms with E-state index in [1.54, 1.807) is 30.3 Å². The monoisotopic (exact) mass is 382 g/mol. The summed E-state index contributed by atoms with van der Waals surface area (Å²) in [5.74, 6) is -0.209. The zero-order valence-corrected chi connectivity index (χ0v) is 15.4. The van der Waals surface area contributed by atoms with E-state index in [0.717, 1.165) is 18.7 Å². The van der Waals surface area contributed by atoms with Gasteiger partial charge in [0.15, 0.2) is 10.8 Å². The molecule has 1 aliphatic heterocycles. The number of hydrogen-bond acceptors (Lipinski definition) is 5. The molecule has 4 rings (SSSR count). The second-order valence-electron chi connectivity index (χ2n) is 6.63. The Labute approximate surface area is 161 Å². The lowest BCUT2D eigenvalue weighted by atomic mass is 10.1. The first-order valence-electron chi connectivity index (χ1n) is 8.88. The third-order valence-electron chi connectivity index (χ3n) is 4.67. The van der Waals surface area contributed by atoms with Gasteiger partial charge < -0.3 is 10.4 Å². The highest BCUT2D eigenvalue weighted by Gasteiger charge is 2.17. The number of phenols is 1. The molecule has 0 unspecified atom stereocenters. The Hall–Kier alpha value is -2.70. The predicted octanol–water partition coefficient (Wildman–Crippen LogP) is 3.84. The van der Waals surface area contributed by atoms with Crippen LogP contribution >= 0.6 is 11.6 Å². The van der Waals surface area contributed by atoms with Gasteiger partial charge in [-0.3, -0.25) is 9.69 Å². The number of amides is 1. The number of aromatic hydroxyl groups is 1. The average molecular weight is 383 g/mol. The molecule has 0 spiro atoms. The van der Waals surface area contributed by atoms with Gasteiger partial charge in [0, 0.05) is 17.8 Å². The van der Waals surface area contributed by atoms with E-state index in [-0.39, 0.29) is 16.6 Å². The molecule has 6 nitrogen and oxygen atoms in total. The number of hydrogen-bond donors (Lipinski definition) is 2. The molecule has 1 aliphatic rings. The summed E-state index contributed by atoms with van der Waals surface area (Å²) in [4.78, 5) is 23.5. The molecule has 27 heavy (non-hydrogen) atoms. The molecule has 0 saturated carbocycles. The molecule has 138 valence electrons. The normalized spacial score (nSPS) is 14.6. The van der Waals surface area contributed by atoms with Crippen molar-refractivity contribution in [2.24, 2.45) is 0 Å². The number of carbonyl (C=O) groups is 1. The Morgan fingerprint density at radius 2 is 1.81 bits per heavy atom. The molecule has 2 heterocycles. The molecule has 1 fully saturated rings. The maximum absolute atomic E-state index is 12.6. The van der Waals surface area contributed by atoms with E-state index in [4.69, 9.17) is 11.6 Å². The van der Waals surface area contributed by atoms with Crippen molar-refractivity contribution in [3.05, 3.63) is 58.9 Å². The Balaban J connectivity index is 1.56. The second-order valence-corrected chi connectivity index (χ2v) is 6.99. The quantitative estimate of drug-likeness (QED) is 0.670. The smallest absolute Gasteiger partial charge is 0.277 e. The van der Waals surface area contributed by atoms with Crippen molar-refractivity contribution in [1.82, 2.24) is 14.9 Å². The van der Waals surface area contributed by atoms with Gasteiger partial charge in [0.05, 0.1) is 11.0 Å². The highest BCUT2D eigenvalue weighted by molar-refractivity contribution is 6.33. The van der Waals surface area contributed by atoms with Crippen LogP contribution < -0.4 is 5.32 Å². The molecule has 7 heteroatoms. The number of aromatic nitrogens is 2. The molecule has 0 radical (unpaired) electrons. The number of rotatable bonds is 4. The van der Waals surface area contributed by atoms with E-state index in [2.05, 4.69) is 20.2 Å². The van der Waals surface area contributed by atoms with Crippen LogP contribution in [0.25, 0.3) is 11.0 Å². The molecule has 1 aromatic heterocycles. The van der Waals surface area contributed by atoms with Gasteiger partial charge in [-0.25, -0.2) is 9.97 Å². The third kappa shape index (κ3) is 3.86. The number of carbonyl (C=O) groups excluding carboxylic acids is 1. The predicted molar refractivity (Wildman–Crippen MR) is 105 cm³/mol. The molecule has 0 bridgehead atoms. The van der Waals surface area contributed by atoms with Gasteiger partial charge in [-0.1, -0.05) is 23.7 Å². The fraction of sp³-hybridized carbons (Fsp3) is 0.250. The highest BCUT2D eigenvalue weighted by atomic mass is 35.5. The van der Waals surface area contributed by atoms with Crippen LogP contribution in [0.15, 0.2) is 42.5 Å². The summed E-state index contributed by atoms with van der Waals surface area (Å²) in [6.45, 7) is 2.71. The SMILES string of the molecule is O=C(Nc1ccc(O)c(CN2CCCC2)c1)c1nc2ccccc2nc1Cl. The summed E-state index contributed by atoms with van der Waals surface area (Å²) >= 11 is 6.15. The van der Waals surface area contributed by atoms with Crippen molar-refractivity contribution in [3.63, 3.8) is 0 Å². The first kappa shape index (κ1) is 17.7. The van der Waals surface area contributed by atoms with Crippen molar-refractivity contribution in [1.29, 1.82) is 0 Å². The number of halogens is 1. The maximum atomic E-state index is 12.6. The van der Waals surface area contributed by atoms with Gasteiger partial charge >= 0.3 is 0 Å². The van der Waals surface area contributed by atoms with Crippen molar-refractivity contribution in [2.45, 2.75) is 19.4 Å². The van der Waals surface area contributed by atoms with Crippen LogP contribution in [0.1, 0.15) is 28.9 Å². The zero-order valence-electron chi connectivity index (χ0n) is 14.7. The molecule has 1 amide bonds. The van der Waals surface area contributed by atoms with Crippen molar-refractivity contribution in [3.8, 4) is 5.75 Å². The summed E-state index contributed by atoms with van der Waals surface area (Å²) < 4.78 is 0. The van der Waals surface area contributed by atoms with Crippen LogP contribution in [0.4, 0.5) is 5.69 Å². The maximum Gasteiger partial charge on any atom is 0.277 e. The molecular formula is C20H19ClN4O2. The molecular weight excluding hydrogens is 364 g/mol. The minimum Gasteiger partial charge on any atom is -0.508 e. The molecule has 2 aromatic carbocycles. The summed E-state index contributed by atoms with van der Waals surface area (Å²) in [7, 11) is 0. The van der Waals surface area contributed by atoms with Gasteiger partial charge in [-0.15, -0.1) is 0 Å². The minimum absolute atomic E-state index is 0.0577. The standard InChI is InChI=1S/C20H19ClN4O2/c21-19-18(23-15-5-1-2-6-16(15)24-19)20(27)22-14-7-8-17(26)13(11-14)12-25-9-3-4-10-25/h1-2,5-8,11,26H,3-4,9-10,12H2,(H,22,27). The number of nitrogens with one attached hydrogen (secondary N) is 1. The second kappa shape index (κ2) is 7.50. The Bertz CT molecular complexity index is 1000. The van der Waals surface area contributed by atoms with Crippen molar-refractivity contribution < 1.29 is 9.90 Å². The fourth-order valence-corrected chi connectivity index (χ4v) is 3.50. The summed E-state index contributed by atoms with van der Waals surface area (Å²) in [6.07, 6.45) is 2.35. The van der Waals surface area contributed by atoms with Crippen LogP contribution in [-0.4, -0.2) is 39.0 Å². The lowest BCUT2D eigenvalue weighted by molar-refractivity contribution is 0.102. The number of para-hydroxylation sites is 2. The van der Waals surface area contributed by atoms with Crippen LogP contribution in [0.2, 0.25) is 5.15 Å². The van der Waals surface area contributed by atoms with Gasteiger partial charge in [-0.2, -0.15) is 0 Å². The molecule has 1 saturated heterocycles. The van der Waals surface area contributed by atoms with Gasteiger partial charge in [0.2, 0.25) is 0 Å². The topological polar surface area (TPSA) is 78.4 Å². The summed E-state index contributed by atoms with van der Waals surface area (Å²) in [5, 5.41) is 13.0. The molecule has 0 atom stereocenters. The fourth-order valence-electron chi connectivity index (χ4n) is 3.28. The van der Waals surface area contributed by atoms with Gasteiger partial charge in [-0.05, 0) is 56.3 Å². The number of likely N-dealkylation sites (tertiary alicyclic amines) is 1. The van der Waals surface area contributed by atoms with Crippen molar-refractivity contribution >= 4 is 34.2 Å². The largest absolute Gasteiger partial charge is 0.508 e. The van der Waals surface area contributed by atoms with Gasteiger partial charge in [0.25, 0.3) is 5.91 Å². The zero-order chi connectivity index (χ0) is 18.8. The van der Waals surface area contributed by atoms with E-state index in [1.807, 2.05) is 12.1 Å². The molecule has 3 aromatic rings. The first-order valence-corrected chi connectivity index (χ1v) is 9.26. The third-order valence-corrected chi connectivity index (χ3v) is 4.94. The number of nitrogens with zero attached hydrogens (tertiary/aromatic N) is 3. The molecule has 0 aliphatic carbocycles. The van der Waals surface area contributed by atoms with E-state index in [0.29, 0.717) is 23.3 Å². The molecule has 2 N–H and O–H groups in total. The van der Waals surface area contributed by atoms with E-state index < -0.39 is 5.91 Å². The van der Waals surface area contributed by atoms with Crippen molar-refractivity contribution in [2.75, 3.05) is 18.4 Å². The Kier molecular flexibility index (Phi) is 4.92. The van der Waals surface area contributed by atoms with Crippen LogP contribution in [0.3, 0.4) is 0 Å². The van der Waals surface area contributed by atoms with Crippen LogP contribution in [-0.2, 0) is 6.54 Å². The lowest BCUT2D eigenvalue weighted by Crippen LogP contribution is -2.19. The van der Waals surface area contributed by atoms with E-state index >= 15 is 0 Å². The van der Waals surface area contributed by atoms with Crippen LogP contribution in [0.5, 0.6) is 5.75 Å². The average Bonchev–Trinajstić information content (AvgIpc) is 3.17. The van der Waals surface area contributed by atoms with Gasteiger partial charge in [0.1, 0.15) is 5.75 Å². The van der Waals surface area contributed by atoms with E-state index in [9.17, 15) is 9.90 Å². The number of fused-ring (bicyclic) bond motifs is 1. The Morgan fingerprint density at radius 1 is 1.11 bits per heavy atom. The van der Waals surface area contributed by atoms with Crippen LogP contribution in [0, 0.1) is 0 Å². The number of phenolic OH excluding ortho intramolecular Hbond substituents is 1. The Morgan fingerprint density at radius 3 is 2.56 bits per heavy atom. The first-order chi connectivity index (χ1) is 13.1. The minimum atomic E-state index is -0.434.